The molecule has 0 aromatic heterocycles. The van der Waals surface area contributed by atoms with E-state index in [4.69, 9.17) is 4.74 Å². The molecule has 134 valence electrons. The SMILES string of the molecule is COCCCNC(=O)c1ccc(NS(=O)(=O)c2ccc(F)cc2)cc1. The Morgan fingerprint density at radius 3 is 2.32 bits per heavy atom. The number of hydrogen-bond acceptors (Lipinski definition) is 4. The fourth-order valence-electron chi connectivity index (χ4n) is 2.04. The maximum absolute atomic E-state index is 12.9. The molecular formula is C17H19FN2O4S. The highest BCUT2D eigenvalue weighted by molar-refractivity contribution is 7.92. The summed E-state index contributed by atoms with van der Waals surface area (Å²) in [4.78, 5) is 11.9. The minimum Gasteiger partial charge on any atom is -0.385 e. The van der Waals surface area contributed by atoms with Crippen molar-refractivity contribution in [2.75, 3.05) is 25.0 Å². The van der Waals surface area contributed by atoms with Crippen LogP contribution in [0, 0.1) is 5.82 Å². The summed E-state index contributed by atoms with van der Waals surface area (Å²) in [5.41, 5.74) is 0.724. The highest BCUT2D eigenvalue weighted by Crippen LogP contribution is 2.17. The van der Waals surface area contributed by atoms with E-state index >= 15 is 0 Å². The van der Waals surface area contributed by atoms with Gasteiger partial charge in [0.05, 0.1) is 4.90 Å². The number of halogens is 1. The van der Waals surface area contributed by atoms with Crippen LogP contribution in [0.3, 0.4) is 0 Å². The summed E-state index contributed by atoms with van der Waals surface area (Å²) in [6.45, 7) is 1.05. The fraction of sp³-hybridized carbons (Fsp3) is 0.235. The predicted molar refractivity (Wildman–Crippen MR) is 92.5 cm³/mol. The van der Waals surface area contributed by atoms with Crippen LogP contribution >= 0.6 is 0 Å². The van der Waals surface area contributed by atoms with Crippen LogP contribution in [0.1, 0.15) is 16.8 Å². The molecule has 0 heterocycles. The van der Waals surface area contributed by atoms with Crippen molar-refractivity contribution >= 4 is 21.6 Å². The van der Waals surface area contributed by atoms with Gasteiger partial charge in [-0.15, -0.1) is 0 Å². The third-order valence-corrected chi connectivity index (χ3v) is 4.73. The van der Waals surface area contributed by atoms with Crippen molar-refractivity contribution < 1.29 is 22.3 Å². The lowest BCUT2D eigenvalue weighted by Gasteiger charge is -2.09. The lowest BCUT2D eigenvalue weighted by Crippen LogP contribution is -2.25. The van der Waals surface area contributed by atoms with Crippen LogP contribution in [0.2, 0.25) is 0 Å². The second-order valence-electron chi connectivity index (χ2n) is 5.24. The van der Waals surface area contributed by atoms with Crippen LogP contribution in [0.25, 0.3) is 0 Å². The largest absolute Gasteiger partial charge is 0.385 e. The summed E-state index contributed by atoms with van der Waals surface area (Å²) in [6, 6.07) is 10.5. The maximum atomic E-state index is 12.9. The third-order valence-electron chi connectivity index (χ3n) is 3.33. The first-order valence-corrected chi connectivity index (χ1v) is 9.06. The Balaban J connectivity index is 2.00. The fourth-order valence-corrected chi connectivity index (χ4v) is 3.10. The molecule has 2 rings (SSSR count). The molecule has 0 aliphatic carbocycles. The maximum Gasteiger partial charge on any atom is 0.261 e. The Hall–Kier alpha value is -2.45. The number of anilines is 1. The summed E-state index contributed by atoms with van der Waals surface area (Å²) in [6.07, 6.45) is 0.706. The normalized spacial score (nSPS) is 11.1. The Morgan fingerprint density at radius 1 is 1.08 bits per heavy atom. The molecule has 0 radical (unpaired) electrons. The summed E-state index contributed by atoms with van der Waals surface area (Å²) in [5, 5.41) is 2.74. The van der Waals surface area contributed by atoms with Crippen LogP contribution in [0.5, 0.6) is 0 Å². The smallest absolute Gasteiger partial charge is 0.261 e. The van der Waals surface area contributed by atoms with E-state index in [1.807, 2.05) is 0 Å². The average molecular weight is 366 g/mol. The van der Waals surface area contributed by atoms with Gasteiger partial charge in [-0.05, 0) is 55.0 Å². The highest BCUT2D eigenvalue weighted by Gasteiger charge is 2.14. The molecule has 6 nitrogen and oxygen atoms in total. The molecule has 0 bridgehead atoms. The zero-order chi connectivity index (χ0) is 18.3. The van der Waals surface area contributed by atoms with Gasteiger partial charge in [0, 0.05) is 31.5 Å². The molecule has 8 heteroatoms. The van der Waals surface area contributed by atoms with Gasteiger partial charge in [-0.1, -0.05) is 0 Å². The molecule has 0 fully saturated rings. The summed E-state index contributed by atoms with van der Waals surface area (Å²) < 4.78 is 44.6. The van der Waals surface area contributed by atoms with Crippen molar-refractivity contribution in [2.24, 2.45) is 0 Å². The number of hydrogen-bond donors (Lipinski definition) is 2. The lowest BCUT2D eigenvalue weighted by molar-refractivity contribution is 0.0948. The highest BCUT2D eigenvalue weighted by atomic mass is 32.2. The number of ether oxygens (including phenoxy) is 1. The van der Waals surface area contributed by atoms with E-state index in [1.54, 1.807) is 7.11 Å². The first kappa shape index (κ1) is 18.9. The Morgan fingerprint density at radius 2 is 1.72 bits per heavy atom. The zero-order valence-corrected chi connectivity index (χ0v) is 14.5. The molecule has 1 amide bonds. The molecule has 0 aliphatic heterocycles. The number of sulfonamides is 1. The molecule has 0 saturated heterocycles. The van der Waals surface area contributed by atoms with Crippen LogP contribution in [-0.2, 0) is 14.8 Å². The predicted octanol–water partition coefficient (Wildman–Crippen LogP) is 2.39. The van der Waals surface area contributed by atoms with Crippen molar-refractivity contribution in [1.82, 2.24) is 5.32 Å². The van der Waals surface area contributed by atoms with Gasteiger partial charge in [-0.2, -0.15) is 0 Å². The molecule has 0 unspecified atom stereocenters. The van der Waals surface area contributed by atoms with Crippen molar-refractivity contribution in [3.05, 3.63) is 59.9 Å². The van der Waals surface area contributed by atoms with Crippen LogP contribution in [0.15, 0.2) is 53.4 Å². The third kappa shape index (κ3) is 5.54. The molecule has 2 N–H and O–H groups in total. The monoisotopic (exact) mass is 366 g/mol. The van der Waals surface area contributed by atoms with Crippen molar-refractivity contribution in [2.45, 2.75) is 11.3 Å². The van der Waals surface area contributed by atoms with E-state index in [9.17, 15) is 17.6 Å². The Kier molecular flexibility index (Phi) is 6.49. The van der Waals surface area contributed by atoms with E-state index in [2.05, 4.69) is 10.0 Å². The van der Waals surface area contributed by atoms with Gasteiger partial charge in [0.15, 0.2) is 0 Å². The first-order chi connectivity index (χ1) is 11.9. The van der Waals surface area contributed by atoms with Crippen molar-refractivity contribution in [3.63, 3.8) is 0 Å². The Labute approximate surface area is 146 Å². The molecule has 25 heavy (non-hydrogen) atoms. The van der Waals surface area contributed by atoms with Crippen LogP contribution in [-0.4, -0.2) is 34.6 Å². The summed E-state index contributed by atoms with van der Waals surface area (Å²) in [5.74, 6) is -0.760. The molecule has 0 saturated carbocycles. The second kappa shape index (κ2) is 8.59. The topological polar surface area (TPSA) is 84.5 Å². The molecule has 2 aromatic carbocycles. The van der Waals surface area contributed by atoms with Gasteiger partial charge >= 0.3 is 0 Å². The number of carbonyl (C=O) groups is 1. The average Bonchev–Trinajstić information content (AvgIpc) is 2.59. The van der Waals surface area contributed by atoms with E-state index in [1.165, 1.54) is 36.4 Å². The Bertz CT molecular complexity index is 806. The van der Waals surface area contributed by atoms with Crippen LogP contribution in [0.4, 0.5) is 10.1 Å². The van der Waals surface area contributed by atoms with Gasteiger partial charge in [0.1, 0.15) is 5.82 Å². The van der Waals surface area contributed by atoms with Gasteiger partial charge in [0.25, 0.3) is 15.9 Å². The summed E-state index contributed by atoms with van der Waals surface area (Å²) >= 11 is 0. The number of rotatable bonds is 8. The number of amides is 1. The van der Waals surface area contributed by atoms with Gasteiger partial charge in [0.2, 0.25) is 0 Å². The first-order valence-electron chi connectivity index (χ1n) is 7.58. The van der Waals surface area contributed by atoms with E-state index < -0.39 is 15.8 Å². The van der Waals surface area contributed by atoms with Crippen LogP contribution < -0.4 is 10.0 Å². The van der Waals surface area contributed by atoms with Crippen molar-refractivity contribution in [1.29, 1.82) is 0 Å². The van der Waals surface area contributed by atoms with Crippen molar-refractivity contribution in [3.8, 4) is 0 Å². The van der Waals surface area contributed by atoms with Gasteiger partial charge < -0.3 is 10.1 Å². The lowest BCUT2D eigenvalue weighted by atomic mass is 10.2. The molecule has 0 atom stereocenters. The molecule has 0 spiro atoms. The van der Waals surface area contributed by atoms with E-state index in [0.29, 0.717) is 30.8 Å². The number of carbonyl (C=O) groups excluding carboxylic acids is 1. The number of benzene rings is 2. The zero-order valence-electron chi connectivity index (χ0n) is 13.7. The van der Waals surface area contributed by atoms with E-state index in [-0.39, 0.29) is 10.8 Å². The van der Waals surface area contributed by atoms with Gasteiger partial charge in [-0.3, -0.25) is 9.52 Å². The molecule has 2 aromatic rings. The van der Waals surface area contributed by atoms with Gasteiger partial charge in [-0.25, -0.2) is 12.8 Å². The second-order valence-corrected chi connectivity index (χ2v) is 6.92. The molecule has 0 aliphatic rings. The number of methoxy groups -OCH3 is 1. The number of nitrogens with one attached hydrogen (secondary N) is 2. The van der Waals surface area contributed by atoms with E-state index in [0.717, 1.165) is 12.1 Å². The standard InChI is InChI=1S/C17H19FN2O4S/c1-24-12-2-11-19-17(21)13-3-7-15(8-4-13)20-25(22,23)16-9-5-14(18)6-10-16/h3-10,20H,2,11-12H2,1H3,(H,19,21). The minimum atomic E-state index is -3.81. The minimum absolute atomic E-state index is 0.0473. The quantitative estimate of drug-likeness (QED) is 0.703. The summed E-state index contributed by atoms with van der Waals surface area (Å²) in [7, 11) is -2.22. The molecular weight excluding hydrogens is 347 g/mol.